The average molecular weight is 200 g/mol. The third kappa shape index (κ3) is 1.64. The highest BCUT2D eigenvalue weighted by Crippen LogP contribution is 2.33. The van der Waals surface area contributed by atoms with E-state index in [0.29, 0.717) is 0 Å². The second kappa shape index (κ2) is 3.32. The number of hydrogen-bond acceptors (Lipinski definition) is 1. The summed E-state index contributed by atoms with van der Waals surface area (Å²) in [7, 11) is 0. The van der Waals surface area contributed by atoms with Crippen LogP contribution < -0.4 is 0 Å². The van der Waals surface area contributed by atoms with Crippen LogP contribution in [0.3, 0.4) is 0 Å². The molecule has 3 rings (SSSR count). The van der Waals surface area contributed by atoms with Gasteiger partial charge in [0.2, 0.25) is 0 Å². The predicted octanol–water partition coefficient (Wildman–Crippen LogP) is 3.50. The van der Waals surface area contributed by atoms with Crippen LogP contribution in [0, 0.1) is 0 Å². The SMILES string of the molecule is c1ccc2cc(CC3CS3)ccc2c1. The van der Waals surface area contributed by atoms with Crippen LogP contribution >= 0.6 is 11.8 Å². The molecule has 1 heterocycles. The van der Waals surface area contributed by atoms with E-state index in [-0.39, 0.29) is 0 Å². The summed E-state index contributed by atoms with van der Waals surface area (Å²) < 4.78 is 0. The zero-order valence-electron chi connectivity index (χ0n) is 7.94. The molecular formula is C13H12S. The summed E-state index contributed by atoms with van der Waals surface area (Å²) in [6.45, 7) is 0. The van der Waals surface area contributed by atoms with E-state index in [1.54, 1.807) is 0 Å². The Kier molecular flexibility index (Phi) is 1.98. The van der Waals surface area contributed by atoms with E-state index in [1.807, 2.05) is 0 Å². The Morgan fingerprint density at radius 2 is 1.86 bits per heavy atom. The lowest BCUT2D eigenvalue weighted by atomic mass is 10.0. The second-order valence-corrected chi connectivity index (χ2v) is 5.17. The zero-order chi connectivity index (χ0) is 9.38. The summed E-state index contributed by atoms with van der Waals surface area (Å²) in [4.78, 5) is 0. The Labute approximate surface area is 88.3 Å². The minimum atomic E-state index is 0.899. The average Bonchev–Trinajstić information content (AvgIpc) is 3.02. The monoisotopic (exact) mass is 200 g/mol. The molecule has 1 atom stereocenters. The van der Waals surface area contributed by atoms with Crippen molar-refractivity contribution in [3.8, 4) is 0 Å². The maximum atomic E-state index is 2.33. The van der Waals surface area contributed by atoms with Crippen molar-refractivity contribution < 1.29 is 0 Å². The van der Waals surface area contributed by atoms with Crippen LogP contribution in [0.4, 0.5) is 0 Å². The topological polar surface area (TPSA) is 0 Å². The number of benzene rings is 2. The van der Waals surface area contributed by atoms with Gasteiger partial charge < -0.3 is 0 Å². The third-order valence-corrected chi connectivity index (χ3v) is 3.65. The lowest BCUT2D eigenvalue weighted by molar-refractivity contribution is 1.03. The fourth-order valence-electron chi connectivity index (χ4n) is 1.81. The number of thioether (sulfide) groups is 1. The van der Waals surface area contributed by atoms with E-state index in [0.717, 1.165) is 5.25 Å². The Morgan fingerprint density at radius 1 is 1.07 bits per heavy atom. The van der Waals surface area contributed by atoms with E-state index < -0.39 is 0 Å². The van der Waals surface area contributed by atoms with Crippen LogP contribution in [0.2, 0.25) is 0 Å². The molecule has 1 fully saturated rings. The summed E-state index contributed by atoms with van der Waals surface area (Å²) in [5.41, 5.74) is 1.48. The molecule has 70 valence electrons. The largest absolute Gasteiger partial charge is 0.156 e. The van der Waals surface area contributed by atoms with E-state index in [1.165, 1.54) is 28.5 Å². The number of fused-ring (bicyclic) bond motifs is 1. The van der Waals surface area contributed by atoms with Crippen LogP contribution in [-0.2, 0) is 6.42 Å². The fourth-order valence-corrected chi connectivity index (χ4v) is 2.38. The van der Waals surface area contributed by atoms with Crippen molar-refractivity contribution in [1.82, 2.24) is 0 Å². The molecule has 0 N–H and O–H groups in total. The van der Waals surface area contributed by atoms with Gasteiger partial charge in [-0.05, 0) is 22.8 Å². The Morgan fingerprint density at radius 3 is 2.64 bits per heavy atom. The van der Waals surface area contributed by atoms with Gasteiger partial charge in [0.05, 0.1) is 0 Å². The normalized spacial score (nSPS) is 19.9. The summed E-state index contributed by atoms with van der Waals surface area (Å²) in [6.07, 6.45) is 1.25. The van der Waals surface area contributed by atoms with E-state index in [9.17, 15) is 0 Å². The standard InChI is InChI=1S/C13H12S/c1-2-4-12-7-10(8-13-9-14-13)5-6-11(12)3-1/h1-7,13H,8-9H2. The molecule has 1 saturated heterocycles. The molecule has 0 spiro atoms. The van der Waals surface area contributed by atoms with Crippen LogP contribution in [0.25, 0.3) is 10.8 Å². The third-order valence-electron chi connectivity index (χ3n) is 2.68. The van der Waals surface area contributed by atoms with Gasteiger partial charge >= 0.3 is 0 Å². The minimum Gasteiger partial charge on any atom is -0.156 e. The first-order valence-electron chi connectivity index (χ1n) is 5.01. The van der Waals surface area contributed by atoms with E-state index >= 15 is 0 Å². The van der Waals surface area contributed by atoms with Crippen molar-refractivity contribution in [1.29, 1.82) is 0 Å². The lowest BCUT2D eigenvalue weighted by Crippen LogP contribution is -1.90. The molecule has 1 heteroatoms. The molecule has 0 aliphatic carbocycles. The van der Waals surface area contributed by atoms with Crippen molar-refractivity contribution in [2.75, 3.05) is 5.75 Å². The Balaban J connectivity index is 2.01. The van der Waals surface area contributed by atoms with Crippen LogP contribution in [0.1, 0.15) is 5.56 Å². The first kappa shape index (κ1) is 8.37. The predicted molar refractivity (Wildman–Crippen MR) is 63.9 cm³/mol. The van der Waals surface area contributed by atoms with E-state index in [4.69, 9.17) is 0 Å². The molecule has 1 aliphatic heterocycles. The van der Waals surface area contributed by atoms with Crippen LogP contribution in [0.5, 0.6) is 0 Å². The maximum absolute atomic E-state index is 2.33. The van der Waals surface area contributed by atoms with Crippen molar-refractivity contribution in [3.05, 3.63) is 48.0 Å². The summed E-state index contributed by atoms with van der Waals surface area (Å²) >= 11 is 2.07. The summed E-state index contributed by atoms with van der Waals surface area (Å²) in [6, 6.07) is 15.4. The molecule has 1 aliphatic rings. The van der Waals surface area contributed by atoms with Gasteiger partial charge in [-0.2, -0.15) is 11.8 Å². The van der Waals surface area contributed by atoms with Crippen molar-refractivity contribution in [2.24, 2.45) is 0 Å². The van der Waals surface area contributed by atoms with Crippen LogP contribution in [-0.4, -0.2) is 11.0 Å². The molecule has 2 aromatic rings. The van der Waals surface area contributed by atoms with Crippen LogP contribution in [0.15, 0.2) is 42.5 Å². The van der Waals surface area contributed by atoms with Crippen molar-refractivity contribution >= 4 is 22.5 Å². The Hall–Kier alpha value is -0.950. The molecule has 0 nitrogen and oxygen atoms in total. The van der Waals surface area contributed by atoms with Gasteiger partial charge in [0.1, 0.15) is 0 Å². The number of rotatable bonds is 2. The molecule has 0 radical (unpaired) electrons. The molecule has 2 aromatic carbocycles. The molecule has 14 heavy (non-hydrogen) atoms. The highest BCUT2D eigenvalue weighted by atomic mass is 32.2. The quantitative estimate of drug-likeness (QED) is 0.669. The lowest BCUT2D eigenvalue weighted by Gasteiger charge is -2.01. The Bertz CT molecular complexity index is 457. The maximum Gasteiger partial charge on any atom is 0.0179 e. The minimum absolute atomic E-state index is 0.899. The van der Waals surface area contributed by atoms with Gasteiger partial charge in [0, 0.05) is 11.0 Å². The molecular weight excluding hydrogens is 188 g/mol. The van der Waals surface area contributed by atoms with Crippen molar-refractivity contribution in [3.63, 3.8) is 0 Å². The fraction of sp³-hybridized carbons (Fsp3) is 0.231. The molecule has 0 aromatic heterocycles. The number of hydrogen-bond donors (Lipinski definition) is 0. The van der Waals surface area contributed by atoms with Gasteiger partial charge in [0.25, 0.3) is 0 Å². The molecule has 1 unspecified atom stereocenters. The molecule has 0 saturated carbocycles. The van der Waals surface area contributed by atoms with Gasteiger partial charge in [-0.25, -0.2) is 0 Å². The van der Waals surface area contributed by atoms with Gasteiger partial charge in [-0.1, -0.05) is 42.5 Å². The first-order chi connectivity index (χ1) is 6.92. The zero-order valence-corrected chi connectivity index (χ0v) is 8.76. The smallest absolute Gasteiger partial charge is 0.0179 e. The molecule has 0 bridgehead atoms. The summed E-state index contributed by atoms with van der Waals surface area (Å²) in [5.74, 6) is 1.35. The van der Waals surface area contributed by atoms with Gasteiger partial charge in [0.15, 0.2) is 0 Å². The van der Waals surface area contributed by atoms with Gasteiger partial charge in [-0.15, -0.1) is 0 Å². The highest BCUT2D eigenvalue weighted by Gasteiger charge is 2.22. The van der Waals surface area contributed by atoms with E-state index in [2.05, 4.69) is 54.2 Å². The second-order valence-electron chi connectivity index (χ2n) is 3.84. The highest BCUT2D eigenvalue weighted by molar-refractivity contribution is 8.06. The van der Waals surface area contributed by atoms with Crippen molar-refractivity contribution in [2.45, 2.75) is 11.7 Å². The van der Waals surface area contributed by atoms with Gasteiger partial charge in [-0.3, -0.25) is 0 Å². The summed E-state index contributed by atoms with van der Waals surface area (Å²) in [5, 5.41) is 3.62. The first-order valence-corrected chi connectivity index (χ1v) is 6.06. The molecule has 0 amide bonds.